The maximum Gasteiger partial charge on any atom is 0.296 e. The van der Waals surface area contributed by atoms with Crippen molar-refractivity contribution in [2.45, 2.75) is 15.7 Å². The lowest BCUT2D eigenvalue weighted by Crippen LogP contribution is -2.29. The monoisotopic (exact) mass is 457 g/mol. The predicted molar refractivity (Wildman–Crippen MR) is 117 cm³/mol. The number of sulfonamides is 1. The zero-order valence-corrected chi connectivity index (χ0v) is 18.4. The zero-order chi connectivity index (χ0) is 21.9. The van der Waals surface area contributed by atoms with Gasteiger partial charge in [0.25, 0.3) is 10.1 Å². The third kappa shape index (κ3) is 4.72. The van der Waals surface area contributed by atoms with Crippen molar-refractivity contribution >= 4 is 20.1 Å². The number of rotatable bonds is 7. The van der Waals surface area contributed by atoms with E-state index in [0.29, 0.717) is 0 Å². The SMILES string of the molecule is O=S(=O)(OCC1CN(S(=O)(=O)c2ccccc2)CC1c1ccccc1)c1ccccc1. The van der Waals surface area contributed by atoms with Crippen LogP contribution in [0.3, 0.4) is 0 Å². The van der Waals surface area contributed by atoms with Crippen LogP contribution in [0.2, 0.25) is 0 Å². The van der Waals surface area contributed by atoms with Gasteiger partial charge >= 0.3 is 0 Å². The van der Waals surface area contributed by atoms with E-state index in [1.54, 1.807) is 48.5 Å². The minimum atomic E-state index is -3.93. The first kappa shape index (κ1) is 21.7. The fourth-order valence-corrected chi connectivity index (χ4v) is 6.37. The van der Waals surface area contributed by atoms with Gasteiger partial charge < -0.3 is 0 Å². The lowest BCUT2D eigenvalue weighted by molar-refractivity contribution is 0.250. The molecule has 0 radical (unpaired) electrons. The van der Waals surface area contributed by atoms with Crippen LogP contribution >= 0.6 is 0 Å². The predicted octanol–water partition coefficient (Wildman–Crippen LogP) is 3.50. The standard InChI is InChI=1S/C23H23NO5S2/c25-30(26,21-12-6-2-7-13-21)24-16-20(23(17-24)19-10-4-1-5-11-19)18-29-31(27,28)22-14-8-3-9-15-22/h1-15,20,23H,16-18H2. The van der Waals surface area contributed by atoms with Crippen molar-refractivity contribution in [2.75, 3.05) is 19.7 Å². The molecule has 0 bridgehead atoms. The molecule has 162 valence electrons. The van der Waals surface area contributed by atoms with E-state index >= 15 is 0 Å². The smallest absolute Gasteiger partial charge is 0.266 e. The maximum absolute atomic E-state index is 13.1. The van der Waals surface area contributed by atoms with Gasteiger partial charge in [0.05, 0.1) is 16.4 Å². The molecule has 4 rings (SSSR count). The van der Waals surface area contributed by atoms with Crippen LogP contribution in [0.25, 0.3) is 0 Å². The van der Waals surface area contributed by atoms with Crippen molar-refractivity contribution < 1.29 is 21.0 Å². The minimum Gasteiger partial charge on any atom is -0.266 e. The van der Waals surface area contributed by atoms with Gasteiger partial charge in [-0.1, -0.05) is 66.7 Å². The number of benzene rings is 3. The molecule has 0 aliphatic carbocycles. The van der Waals surface area contributed by atoms with Gasteiger partial charge in [-0.3, -0.25) is 4.18 Å². The minimum absolute atomic E-state index is 0.0815. The fraction of sp³-hybridized carbons (Fsp3) is 0.217. The molecular weight excluding hydrogens is 434 g/mol. The molecule has 0 aromatic heterocycles. The lowest BCUT2D eigenvalue weighted by Gasteiger charge is -2.18. The summed E-state index contributed by atoms with van der Waals surface area (Å²) in [6.45, 7) is 0.347. The molecule has 1 aliphatic rings. The summed E-state index contributed by atoms with van der Waals surface area (Å²) in [6.07, 6.45) is 0. The van der Waals surface area contributed by atoms with Crippen LogP contribution in [0.5, 0.6) is 0 Å². The van der Waals surface area contributed by atoms with Crippen LogP contribution in [0.15, 0.2) is 101 Å². The van der Waals surface area contributed by atoms with Gasteiger partial charge in [-0.25, -0.2) is 8.42 Å². The molecule has 1 fully saturated rings. The van der Waals surface area contributed by atoms with Gasteiger partial charge in [0.2, 0.25) is 10.0 Å². The van der Waals surface area contributed by atoms with Crippen LogP contribution in [0.1, 0.15) is 11.5 Å². The molecule has 1 heterocycles. The van der Waals surface area contributed by atoms with Gasteiger partial charge in [0.15, 0.2) is 0 Å². The van der Waals surface area contributed by atoms with Crippen molar-refractivity contribution in [1.82, 2.24) is 4.31 Å². The highest BCUT2D eigenvalue weighted by Crippen LogP contribution is 2.36. The summed E-state index contributed by atoms with van der Waals surface area (Å²) in [5, 5.41) is 0. The number of hydrogen-bond donors (Lipinski definition) is 0. The first-order valence-corrected chi connectivity index (χ1v) is 12.8. The van der Waals surface area contributed by atoms with Crippen LogP contribution < -0.4 is 0 Å². The fourth-order valence-electron chi connectivity index (χ4n) is 3.85. The van der Waals surface area contributed by atoms with E-state index in [4.69, 9.17) is 4.18 Å². The highest BCUT2D eigenvalue weighted by molar-refractivity contribution is 7.89. The van der Waals surface area contributed by atoms with Gasteiger partial charge in [-0.2, -0.15) is 12.7 Å². The Hall–Kier alpha value is -2.52. The van der Waals surface area contributed by atoms with E-state index in [0.717, 1.165) is 5.56 Å². The van der Waals surface area contributed by atoms with E-state index in [2.05, 4.69) is 0 Å². The van der Waals surface area contributed by atoms with Gasteiger partial charge in [0, 0.05) is 24.9 Å². The number of hydrogen-bond acceptors (Lipinski definition) is 5. The van der Waals surface area contributed by atoms with Gasteiger partial charge in [-0.05, 0) is 29.8 Å². The van der Waals surface area contributed by atoms with Crippen LogP contribution in [0.4, 0.5) is 0 Å². The third-order valence-electron chi connectivity index (χ3n) is 5.49. The summed E-state index contributed by atoms with van der Waals surface area (Å²) in [7, 11) is -7.62. The Labute approximate surface area is 183 Å². The molecule has 0 amide bonds. The van der Waals surface area contributed by atoms with Crippen LogP contribution in [-0.2, 0) is 24.3 Å². The molecule has 8 heteroatoms. The van der Waals surface area contributed by atoms with E-state index in [1.807, 2.05) is 30.3 Å². The molecule has 6 nitrogen and oxygen atoms in total. The molecule has 2 atom stereocenters. The first-order chi connectivity index (χ1) is 14.9. The highest BCUT2D eigenvalue weighted by Gasteiger charge is 2.40. The highest BCUT2D eigenvalue weighted by atomic mass is 32.2. The second kappa shape index (κ2) is 8.92. The second-order valence-corrected chi connectivity index (χ2v) is 11.0. The average molecular weight is 458 g/mol. The van der Waals surface area contributed by atoms with E-state index < -0.39 is 20.1 Å². The van der Waals surface area contributed by atoms with Crippen molar-refractivity contribution in [3.8, 4) is 0 Å². The van der Waals surface area contributed by atoms with Crippen molar-refractivity contribution in [3.63, 3.8) is 0 Å². The molecule has 0 saturated carbocycles. The summed E-state index contributed by atoms with van der Waals surface area (Å²) in [5.41, 5.74) is 0.957. The molecule has 3 aromatic rings. The summed E-state index contributed by atoms with van der Waals surface area (Å²) in [6, 6.07) is 25.8. The Morgan fingerprint density at radius 2 is 1.23 bits per heavy atom. The Morgan fingerprint density at radius 1 is 0.710 bits per heavy atom. The van der Waals surface area contributed by atoms with E-state index in [1.165, 1.54) is 16.4 Å². The third-order valence-corrected chi connectivity index (χ3v) is 8.63. The van der Waals surface area contributed by atoms with Crippen molar-refractivity contribution in [2.24, 2.45) is 5.92 Å². The molecule has 1 aliphatic heterocycles. The Morgan fingerprint density at radius 3 is 1.81 bits per heavy atom. The molecular formula is C23H23NO5S2. The lowest BCUT2D eigenvalue weighted by atomic mass is 9.90. The molecule has 31 heavy (non-hydrogen) atoms. The summed E-state index contributed by atoms with van der Waals surface area (Å²) in [4.78, 5) is 0.304. The topological polar surface area (TPSA) is 80.8 Å². The Bertz CT molecular complexity index is 1210. The van der Waals surface area contributed by atoms with E-state index in [-0.39, 0.29) is 41.3 Å². The molecule has 3 aromatic carbocycles. The first-order valence-electron chi connectivity index (χ1n) is 9.92. The Kier molecular flexibility index (Phi) is 6.24. The van der Waals surface area contributed by atoms with Gasteiger partial charge in [0.1, 0.15) is 0 Å². The second-order valence-electron chi connectivity index (χ2n) is 7.46. The quantitative estimate of drug-likeness (QED) is 0.508. The number of nitrogens with zero attached hydrogens (tertiary/aromatic N) is 1. The van der Waals surface area contributed by atoms with E-state index in [9.17, 15) is 16.8 Å². The molecule has 0 N–H and O–H groups in total. The zero-order valence-electron chi connectivity index (χ0n) is 16.7. The summed E-state index contributed by atoms with van der Waals surface area (Å²) >= 11 is 0. The molecule has 0 spiro atoms. The summed E-state index contributed by atoms with van der Waals surface area (Å²) in [5.74, 6) is -0.481. The van der Waals surface area contributed by atoms with Crippen LogP contribution in [-0.4, -0.2) is 40.8 Å². The molecule has 2 unspecified atom stereocenters. The average Bonchev–Trinajstić information content (AvgIpc) is 3.25. The largest absolute Gasteiger partial charge is 0.296 e. The van der Waals surface area contributed by atoms with Crippen molar-refractivity contribution in [3.05, 3.63) is 96.6 Å². The normalized spacial score (nSPS) is 20.0. The van der Waals surface area contributed by atoms with Crippen molar-refractivity contribution in [1.29, 1.82) is 0 Å². The van der Waals surface area contributed by atoms with Gasteiger partial charge in [-0.15, -0.1) is 0 Å². The van der Waals surface area contributed by atoms with Crippen LogP contribution in [0, 0.1) is 5.92 Å². The maximum atomic E-state index is 13.1. The molecule has 1 saturated heterocycles. The summed E-state index contributed by atoms with van der Waals surface area (Å²) < 4.78 is 58.2. The Balaban J connectivity index is 1.59.